The summed E-state index contributed by atoms with van der Waals surface area (Å²) in [7, 11) is 2.55. The molecule has 0 bridgehead atoms. The average molecular weight is 344 g/mol. The molecule has 0 atom stereocenters. The molecule has 25 heavy (non-hydrogen) atoms. The first-order valence-corrected chi connectivity index (χ1v) is 8.23. The molecule has 0 fully saturated rings. The zero-order valence-electron chi connectivity index (χ0n) is 15.3. The number of aryl methyl sites for hydroxylation is 2. The molecular weight excluding hydrogens is 320 g/mol. The predicted octanol–water partition coefficient (Wildman–Crippen LogP) is 3.48. The van der Waals surface area contributed by atoms with Crippen molar-refractivity contribution in [3.8, 4) is 11.3 Å². The van der Waals surface area contributed by atoms with Crippen LogP contribution in [0.2, 0.25) is 0 Å². The van der Waals surface area contributed by atoms with Crippen LogP contribution in [0.3, 0.4) is 0 Å². The number of rotatable bonds is 6. The van der Waals surface area contributed by atoms with Gasteiger partial charge in [0.05, 0.1) is 19.9 Å². The van der Waals surface area contributed by atoms with Crippen LogP contribution >= 0.6 is 0 Å². The quantitative estimate of drug-likeness (QED) is 0.750. The molecule has 0 aliphatic heterocycles. The van der Waals surface area contributed by atoms with Crippen molar-refractivity contribution in [2.24, 2.45) is 5.92 Å². The van der Waals surface area contributed by atoms with Crippen LogP contribution in [0.25, 0.3) is 11.3 Å². The summed E-state index contributed by atoms with van der Waals surface area (Å²) in [6.45, 7) is 6.77. The number of aromatic nitrogens is 2. The highest BCUT2D eigenvalue weighted by Gasteiger charge is 2.30. The van der Waals surface area contributed by atoms with Crippen molar-refractivity contribution in [1.82, 2.24) is 9.78 Å². The third kappa shape index (κ3) is 4.07. The molecule has 0 aliphatic carbocycles. The van der Waals surface area contributed by atoms with Crippen LogP contribution in [0.1, 0.15) is 46.7 Å². The number of hydrogen-bond acceptors (Lipinski definition) is 5. The van der Waals surface area contributed by atoms with Gasteiger partial charge in [-0.15, -0.1) is 0 Å². The lowest BCUT2D eigenvalue weighted by Gasteiger charge is -2.11. The maximum atomic E-state index is 12.4. The fourth-order valence-corrected chi connectivity index (χ4v) is 2.62. The van der Waals surface area contributed by atoms with Crippen molar-refractivity contribution in [3.63, 3.8) is 0 Å². The van der Waals surface area contributed by atoms with Crippen LogP contribution in [0.15, 0.2) is 24.3 Å². The van der Waals surface area contributed by atoms with Crippen LogP contribution in [0.4, 0.5) is 0 Å². The summed E-state index contributed by atoms with van der Waals surface area (Å²) in [6.07, 6.45) is 0.863. The van der Waals surface area contributed by atoms with Gasteiger partial charge in [0.25, 0.3) is 0 Å². The lowest BCUT2D eigenvalue weighted by molar-refractivity contribution is 0.0552. The number of methoxy groups -OCH3 is 2. The summed E-state index contributed by atoms with van der Waals surface area (Å²) >= 11 is 0. The summed E-state index contributed by atoms with van der Waals surface area (Å²) < 4.78 is 11.4. The fourth-order valence-electron chi connectivity index (χ4n) is 2.62. The van der Waals surface area contributed by atoms with E-state index in [1.165, 1.54) is 14.2 Å². The second kappa shape index (κ2) is 7.96. The van der Waals surface area contributed by atoms with Crippen molar-refractivity contribution >= 4 is 11.9 Å². The predicted molar refractivity (Wildman–Crippen MR) is 94.5 cm³/mol. The minimum Gasteiger partial charge on any atom is -0.465 e. The highest BCUT2D eigenvalue weighted by Crippen LogP contribution is 2.29. The molecule has 0 N–H and O–H groups in total. The molecule has 0 saturated carbocycles. The smallest absolute Gasteiger partial charge is 0.359 e. The van der Waals surface area contributed by atoms with E-state index < -0.39 is 11.9 Å². The third-order valence-electron chi connectivity index (χ3n) is 3.93. The Bertz CT molecular complexity index is 778. The third-order valence-corrected chi connectivity index (χ3v) is 3.93. The van der Waals surface area contributed by atoms with Gasteiger partial charge < -0.3 is 9.47 Å². The first kappa shape index (κ1) is 18.7. The number of esters is 2. The summed E-state index contributed by atoms with van der Waals surface area (Å²) in [5.41, 5.74) is 2.56. The van der Waals surface area contributed by atoms with Gasteiger partial charge in [-0.1, -0.05) is 37.6 Å². The Labute approximate surface area is 147 Å². The van der Waals surface area contributed by atoms with Gasteiger partial charge in [-0.25, -0.2) is 9.59 Å². The zero-order valence-corrected chi connectivity index (χ0v) is 15.3. The molecule has 0 radical (unpaired) electrons. The molecule has 0 spiro atoms. The van der Waals surface area contributed by atoms with E-state index in [2.05, 4.69) is 18.9 Å². The Morgan fingerprint density at radius 2 is 1.84 bits per heavy atom. The minimum absolute atomic E-state index is 0.0189. The van der Waals surface area contributed by atoms with Gasteiger partial charge in [-0.05, 0) is 25.3 Å². The Balaban J connectivity index is 2.71. The second-order valence-electron chi connectivity index (χ2n) is 6.33. The van der Waals surface area contributed by atoms with E-state index in [0.717, 1.165) is 17.5 Å². The number of nitrogens with zero attached hydrogens (tertiary/aromatic N) is 2. The van der Waals surface area contributed by atoms with E-state index in [0.29, 0.717) is 18.2 Å². The normalized spacial score (nSPS) is 10.8. The number of carbonyl (C=O) groups is 2. The molecule has 0 saturated heterocycles. The van der Waals surface area contributed by atoms with E-state index in [9.17, 15) is 9.59 Å². The van der Waals surface area contributed by atoms with Crippen LogP contribution in [-0.4, -0.2) is 35.9 Å². The van der Waals surface area contributed by atoms with Crippen molar-refractivity contribution in [1.29, 1.82) is 0 Å². The van der Waals surface area contributed by atoms with Gasteiger partial charge in [-0.2, -0.15) is 5.10 Å². The molecule has 6 nitrogen and oxygen atoms in total. The topological polar surface area (TPSA) is 70.4 Å². The molecule has 1 aromatic carbocycles. The maximum absolute atomic E-state index is 12.4. The highest BCUT2D eigenvalue weighted by atomic mass is 16.5. The van der Waals surface area contributed by atoms with Gasteiger partial charge in [0.1, 0.15) is 5.56 Å². The molecular formula is C19H24N2O4. The van der Waals surface area contributed by atoms with Crippen LogP contribution in [0.5, 0.6) is 0 Å². The number of ether oxygens (including phenoxy) is 2. The van der Waals surface area contributed by atoms with Gasteiger partial charge in [0.2, 0.25) is 0 Å². The van der Waals surface area contributed by atoms with Gasteiger partial charge in [0, 0.05) is 12.1 Å². The number of hydrogen-bond donors (Lipinski definition) is 0. The Morgan fingerprint density at radius 1 is 1.16 bits per heavy atom. The van der Waals surface area contributed by atoms with E-state index in [1.807, 2.05) is 31.2 Å². The zero-order chi connectivity index (χ0) is 18.6. The second-order valence-corrected chi connectivity index (χ2v) is 6.33. The number of carbonyl (C=O) groups excluding carboxylic acids is 2. The summed E-state index contributed by atoms with van der Waals surface area (Å²) in [5, 5.41) is 4.37. The molecule has 0 unspecified atom stereocenters. The summed E-state index contributed by atoms with van der Waals surface area (Å²) in [6, 6.07) is 7.72. The summed E-state index contributed by atoms with van der Waals surface area (Å²) in [4.78, 5) is 24.6. The number of benzene rings is 1. The minimum atomic E-state index is -0.655. The molecule has 2 aromatic rings. The monoisotopic (exact) mass is 344 g/mol. The standard InChI is InChI=1S/C19H24N2O4/c1-12(2)9-10-21-17(14-8-6-7-13(3)11-14)15(18(22)24-4)16(20-21)19(23)25-5/h6-8,11-12H,9-10H2,1-5H3. The van der Waals surface area contributed by atoms with Crippen molar-refractivity contribution in [3.05, 3.63) is 41.1 Å². The van der Waals surface area contributed by atoms with E-state index in [-0.39, 0.29) is 11.3 Å². The van der Waals surface area contributed by atoms with Crippen LogP contribution < -0.4 is 0 Å². The lowest BCUT2D eigenvalue weighted by atomic mass is 10.0. The van der Waals surface area contributed by atoms with Gasteiger partial charge in [-0.3, -0.25) is 4.68 Å². The molecule has 6 heteroatoms. The first-order valence-electron chi connectivity index (χ1n) is 8.23. The van der Waals surface area contributed by atoms with E-state index in [4.69, 9.17) is 9.47 Å². The molecule has 0 aliphatic rings. The van der Waals surface area contributed by atoms with Gasteiger partial charge in [0.15, 0.2) is 5.69 Å². The fraction of sp³-hybridized carbons (Fsp3) is 0.421. The van der Waals surface area contributed by atoms with E-state index in [1.54, 1.807) is 4.68 Å². The van der Waals surface area contributed by atoms with Gasteiger partial charge >= 0.3 is 11.9 Å². The van der Waals surface area contributed by atoms with Crippen molar-refractivity contribution < 1.29 is 19.1 Å². The Hall–Kier alpha value is -2.63. The Morgan fingerprint density at radius 3 is 2.40 bits per heavy atom. The molecule has 134 valence electrons. The first-order chi connectivity index (χ1) is 11.9. The van der Waals surface area contributed by atoms with E-state index >= 15 is 0 Å². The molecule has 0 amide bonds. The van der Waals surface area contributed by atoms with Crippen LogP contribution in [0, 0.1) is 12.8 Å². The van der Waals surface area contributed by atoms with Crippen molar-refractivity contribution in [2.75, 3.05) is 14.2 Å². The maximum Gasteiger partial charge on any atom is 0.359 e. The SMILES string of the molecule is COC(=O)c1nn(CCC(C)C)c(-c2cccc(C)c2)c1C(=O)OC. The molecule has 2 rings (SSSR count). The summed E-state index contributed by atoms with van der Waals surface area (Å²) in [5.74, 6) is -0.803. The Kier molecular flexibility index (Phi) is 5.96. The average Bonchev–Trinajstić information content (AvgIpc) is 2.98. The molecule has 1 aromatic heterocycles. The highest BCUT2D eigenvalue weighted by molar-refractivity contribution is 6.06. The largest absolute Gasteiger partial charge is 0.465 e. The van der Waals surface area contributed by atoms with Crippen LogP contribution in [-0.2, 0) is 16.0 Å². The van der Waals surface area contributed by atoms with Crippen molar-refractivity contribution in [2.45, 2.75) is 33.7 Å². The lowest BCUT2D eigenvalue weighted by Crippen LogP contribution is -2.11. The molecule has 1 heterocycles.